The summed E-state index contributed by atoms with van der Waals surface area (Å²) in [5, 5.41) is 0. The first-order chi connectivity index (χ1) is 12.6. The van der Waals surface area contributed by atoms with Crippen LogP contribution >= 0.6 is 0 Å². The summed E-state index contributed by atoms with van der Waals surface area (Å²) in [5.41, 5.74) is 19.7. The number of rotatable bonds is 8. The molecule has 0 bridgehead atoms. The molecule has 2 aromatic carbocycles. The number of hydrogen-bond donors (Lipinski definition) is 0. The van der Waals surface area contributed by atoms with Crippen LogP contribution in [-0.2, 0) is 17.6 Å². The Morgan fingerprint density at radius 1 is 0.769 bits per heavy atom. The summed E-state index contributed by atoms with van der Waals surface area (Å²) in [6.07, 6.45) is 0.196. The van der Waals surface area contributed by atoms with Gasteiger partial charge in [0.1, 0.15) is 11.5 Å². The number of carbonyl (C=O) groups excluding carboxylic acids is 1. The van der Waals surface area contributed by atoms with Crippen molar-refractivity contribution in [2.24, 2.45) is 0 Å². The van der Waals surface area contributed by atoms with E-state index in [4.69, 9.17) is 9.47 Å². The topological polar surface area (TPSA) is 108 Å². The molecular weight excluding hydrogens is 332 g/mol. The Hall–Kier alpha value is -3.53. The Morgan fingerprint density at radius 2 is 1.12 bits per heavy atom. The first-order valence-corrected chi connectivity index (χ1v) is 7.83. The normalized spacial score (nSPS) is 9.62. The van der Waals surface area contributed by atoms with E-state index in [2.05, 4.69) is 9.58 Å². The van der Waals surface area contributed by atoms with Crippen LogP contribution in [0.25, 0.3) is 11.1 Å². The highest BCUT2D eigenvalue weighted by molar-refractivity contribution is 6.64. The third kappa shape index (κ3) is 4.74. The maximum absolute atomic E-state index is 12.5. The molecule has 7 nitrogen and oxygen atoms in total. The molecule has 0 unspecified atom stereocenters. The Kier molecular flexibility index (Phi) is 6.57. The molecular formula is C19H18N4O3. The van der Waals surface area contributed by atoms with E-state index in [0.717, 1.165) is 11.1 Å². The van der Waals surface area contributed by atoms with Crippen molar-refractivity contribution in [3.63, 3.8) is 0 Å². The van der Waals surface area contributed by atoms with Crippen molar-refractivity contribution in [3.05, 3.63) is 70.7 Å². The molecule has 0 heterocycles. The maximum Gasteiger partial charge on any atom is 0.351 e. The summed E-state index contributed by atoms with van der Waals surface area (Å²) in [6, 6.07) is 14.0. The Labute approximate surface area is 151 Å². The summed E-state index contributed by atoms with van der Waals surface area (Å²) < 4.78 is 10.2. The predicted molar refractivity (Wildman–Crippen MR) is 95.7 cm³/mol. The fraction of sp³-hybridized carbons (Fsp3) is 0.211. The van der Waals surface area contributed by atoms with Crippen LogP contribution in [0.4, 0.5) is 0 Å². The number of benzene rings is 2. The van der Waals surface area contributed by atoms with Gasteiger partial charge in [0.05, 0.1) is 27.1 Å². The van der Waals surface area contributed by atoms with Crippen LogP contribution in [0.15, 0.2) is 48.5 Å². The van der Waals surface area contributed by atoms with E-state index in [-0.39, 0.29) is 24.3 Å². The van der Waals surface area contributed by atoms with E-state index < -0.39 is 5.78 Å². The maximum atomic E-state index is 12.5. The summed E-state index contributed by atoms with van der Waals surface area (Å²) in [6.45, 7) is 0. The van der Waals surface area contributed by atoms with Gasteiger partial charge in [0.25, 0.3) is 0 Å². The second-order valence-corrected chi connectivity index (χ2v) is 5.47. The van der Waals surface area contributed by atoms with Gasteiger partial charge in [-0.1, -0.05) is 24.3 Å². The zero-order valence-corrected chi connectivity index (χ0v) is 14.5. The number of hydrogen-bond acceptors (Lipinski definition) is 3. The average molecular weight is 350 g/mol. The molecule has 0 saturated heterocycles. The Bertz CT molecular complexity index is 803. The van der Waals surface area contributed by atoms with Crippen molar-refractivity contribution in [1.82, 2.24) is 0 Å². The van der Waals surface area contributed by atoms with Gasteiger partial charge in [0, 0.05) is 0 Å². The number of ether oxygens (including phenoxy) is 2. The number of ketones is 1. The van der Waals surface area contributed by atoms with Crippen molar-refractivity contribution < 1.29 is 23.8 Å². The average Bonchev–Trinajstić information content (AvgIpc) is 2.70. The van der Waals surface area contributed by atoms with Gasteiger partial charge in [-0.15, -0.1) is 0 Å². The van der Waals surface area contributed by atoms with Crippen molar-refractivity contribution in [1.29, 1.82) is 0 Å². The number of carbonyl (C=O) groups is 1. The van der Waals surface area contributed by atoms with Crippen LogP contribution in [0.5, 0.6) is 11.5 Å². The lowest BCUT2D eigenvalue weighted by Crippen LogP contribution is -2.29. The van der Waals surface area contributed by atoms with Gasteiger partial charge in [-0.25, -0.2) is 0 Å². The highest BCUT2D eigenvalue weighted by Gasteiger charge is 2.32. The third-order valence-electron chi connectivity index (χ3n) is 3.83. The van der Waals surface area contributed by atoms with Crippen LogP contribution in [0.2, 0.25) is 0 Å². The van der Waals surface area contributed by atoms with E-state index in [0.29, 0.717) is 11.5 Å². The lowest BCUT2D eigenvalue weighted by Gasteiger charge is -2.01. The van der Waals surface area contributed by atoms with Crippen molar-refractivity contribution in [3.8, 4) is 11.5 Å². The second-order valence-electron chi connectivity index (χ2n) is 5.47. The Morgan fingerprint density at radius 3 is 1.38 bits per heavy atom. The van der Waals surface area contributed by atoms with Gasteiger partial charge < -0.3 is 20.5 Å². The zero-order valence-electron chi connectivity index (χ0n) is 14.5. The summed E-state index contributed by atoms with van der Waals surface area (Å²) in [4.78, 5) is 18.7. The number of methoxy groups -OCH3 is 2. The first kappa shape index (κ1) is 18.8. The van der Waals surface area contributed by atoms with E-state index in [9.17, 15) is 15.9 Å². The Balaban J connectivity index is 2.13. The fourth-order valence-corrected chi connectivity index (χ4v) is 2.36. The lowest BCUT2D eigenvalue weighted by atomic mass is 9.99. The SMILES string of the molecule is COc1ccc(CC(=[N+]=[N-])C(=O)C(Cc2ccc(OC)cc2)=[N+]=[N-])cc1. The molecule has 0 aromatic heterocycles. The third-order valence-corrected chi connectivity index (χ3v) is 3.83. The van der Waals surface area contributed by atoms with Crippen molar-refractivity contribution in [2.45, 2.75) is 12.8 Å². The molecule has 0 spiro atoms. The summed E-state index contributed by atoms with van der Waals surface area (Å²) in [5.74, 6) is 0.737. The van der Waals surface area contributed by atoms with Crippen LogP contribution in [-0.4, -0.2) is 41.0 Å². The molecule has 2 aromatic rings. The molecule has 0 aliphatic rings. The highest BCUT2D eigenvalue weighted by Crippen LogP contribution is 2.13. The largest absolute Gasteiger partial charge is 0.497 e. The van der Waals surface area contributed by atoms with Crippen LogP contribution in [0.1, 0.15) is 11.1 Å². The minimum Gasteiger partial charge on any atom is -0.497 e. The van der Waals surface area contributed by atoms with Gasteiger partial charge in [-0.05, 0) is 35.4 Å². The molecule has 0 aliphatic heterocycles. The second kappa shape index (κ2) is 9.08. The highest BCUT2D eigenvalue weighted by atomic mass is 16.5. The van der Waals surface area contributed by atoms with Crippen LogP contribution in [0, 0.1) is 0 Å². The first-order valence-electron chi connectivity index (χ1n) is 7.83. The number of nitrogens with zero attached hydrogens (tertiary/aromatic N) is 4. The number of Topliss-reactive ketones (excluding diaryl/α,β-unsaturated/α-hetero) is 1. The van der Waals surface area contributed by atoms with Crippen LogP contribution in [0.3, 0.4) is 0 Å². The lowest BCUT2D eigenvalue weighted by molar-refractivity contribution is -0.116. The zero-order chi connectivity index (χ0) is 18.9. The van der Waals surface area contributed by atoms with Crippen molar-refractivity contribution in [2.75, 3.05) is 14.2 Å². The van der Waals surface area contributed by atoms with Crippen molar-refractivity contribution >= 4 is 17.2 Å². The quantitative estimate of drug-likeness (QED) is 0.414. The molecule has 0 fully saturated rings. The minimum atomic E-state index is -0.623. The molecule has 0 radical (unpaired) electrons. The minimum absolute atomic E-state index is 0.0982. The molecule has 2 rings (SSSR count). The summed E-state index contributed by atoms with van der Waals surface area (Å²) in [7, 11) is 3.12. The van der Waals surface area contributed by atoms with E-state index >= 15 is 0 Å². The standard InChI is InChI=1S/C19H18N4O3/c1-25-15-7-3-13(4-8-15)11-17(22-20)19(24)18(23-21)12-14-5-9-16(26-2)10-6-14/h3-10H,11-12H2,1-2H3. The molecule has 0 N–H and O–H groups in total. The summed E-state index contributed by atoms with van der Waals surface area (Å²) >= 11 is 0. The monoisotopic (exact) mass is 350 g/mol. The van der Waals surface area contributed by atoms with E-state index in [1.54, 1.807) is 62.8 Å². The van der Waals surface area contributed by atoms with E-state index in [1.165, 1.54) is 0 Å². The van der Waals surface area contributed by atoms with Gasteiger partial charge in [-0.2, -0.15) is 9.58 Å². The predicted octanol–water partition coefficient (Wildman–Crippen LogP) is 2.40. The van der Waals surface area contributed by atoms with Gasteiger partial charge in [0.15, 0.2) is 0 Å². The van der Waals surface area contributed by atoms with Crippen LogP contribution < -0.4 is 9.47 Å². The molecule has 26 heavy (non-hydrogen) atoms. The smallest absolute Gasteiger partial charge is 0.351 e. The van der Waals surface area contributed by atoms with Gasteiger partial charge >= 0.3 is 17.2 Å². The molecule has 7 heteroatoms. The van der Waals surface area contributed by atoms with Gasteiger partial charge in [-0.3, -0.25) is 4.79 Å². The van der Waals surface area contributed by atoms with Gasteiger partial charge in [0.2, 0.25) is 0 Å². The molecule has 0 aliphatic carbocycles. The molecule has 132 valence electrons. The van der Waals surface area contributed by atoms with E-state index in [1.807, 2.05) is 0 Å². The molecule has 0 atom stereocenters. The molecule has 0 amide bonds. The molecule has 0 saturated carbocycles. The fourth-order valence-electron chi connectivity index (χ4n) is 2.36.